The molecule has 1 fully saturated rings. The fraction of sp³-hybridized carbons (Fsp3) is 0.250. The Hall–Kier alpha value is -2.38. The standard InChI is InChI=1S/C20H18N4OS2/c25-18(23-11-3-4-12-23)15-9-7-14(8-10-15)13-26-19-21-22-20-24(19)16-5-1-2-6-17(16)27-20/h1-2,5-10H,3-4,11-13H2. The molecule has 0 saturated carbocycles. The fourth-order valence-electron chi connectivity index (χ4n) is 3.44. The number of benzene rings is 2. The molecule has 2 aromatic heterocycles. The summed E-state index contributed by atoms with van der Waals surface area (Å²) in [5, 5.41) is 9.56. The van der Waals surface area contributed by atoms with Gasteiger partial charge in [0.2, 0.25) is 4.96 Å². The van der Waals surface area contributed by atoms with Gasteiger partial charge in [-0.15, -0.1) is 10.2 Å². The SMILES string of the molecule is O=C(c1ccc(CSc2nnc3sc4ccccc4n23)cc1)N1CCCC1. The number of thiazole rings is 1. The molecule has 0 atom stereocenters. The van der Waals surface area contributed by atoms with E-state index in [1.165, 1.54) is 10.3 Å². The molecule has 2 aromatic carbocycles. The van der Waals surface area contributed by atoms with Crippen molar-refractivity contribution in [2.24, 2.45) is 0 Å². The Balaban J connectivity index is 1.33. The number of thioether (sulfide) groups is 1. The van der Waals surface area contributed by atoms with Gasteiger partial charge in [-0.3, -0.25) is 9.20 Å². The highest BCUT2D eigenvalue weighted by molar-refractivity contribution is 7.98. The topological polar surface area (TPSA) is 50.5 Å². The summed E-state index contributed by atoms with van der Waals surface area (Å²) in [6.45, 7) is 1.77. The van der Waals surface area contributed by atoms with Gasteiger partial charge < -0.3 is 4.90 Å². The molecule has 136 valence electrons. The molecular formula is C20H18N4OS2. The second-order valence-corrected chi connectivity index (χ2v) is 8.61. The molecule has 0 spiro atoms. The molecule has 1 amide bonds. The lowest BCUT2D eigenvalue weighted by Gasteiger charge is -2.15. The predicted octanol–water partition coefficient (Wildman–Crippen LogP) is 4.47. The average Bonchev–Trinajstić information content (AvgIpc) is 3.43. The van der Waals surface area contributed by atoms with Crippen LogP contribution in [0.15, 0.2) is 53.7 Å². The number of aromatic nitrogens is 3. The average molecular weight is 395 g/mol. The summed E-state index contributed by atoms with van der Waals surface area (Å²) in [6.07, 6.45) is 2.23. The number of rotatable bonds is 4. The second kappa shape index (κ2) is 6.98. The van der Waals surface area contributed by atoms with Crippen LogP contribution in [0.25, 0.3) is 15.2 Å². The van der Waals surface area contributed by atoms with Crippen LogP contribution in [-0.2, 0) is 5.75 Å². The molecule has 0 aliphatic carbocycles. The molecule has 7 heteroatoms. The number of nitrogens with zero attached hydrogens (tertiary/aromatic N) is 4. The van der Waals surface area contributed by atoms with E-state index in [1.807, 2.05) is 41.3 Å². The van der Waals surface area contributed by atoms with Crippen LogP contribution >= 0.6 is 23.1 Å². The molecule has 4 aromatic rings. The van der Waals surface area contributed by atoms with Crippen molar-refractivity contribution in [2.75, 3.05) is 13.1 Å². The van der Waals surface area contributed by atoms with Gasteiger partial charge in [0.05, 0.1) is 10.2 Å². The zero-order valence-electron chi connectivity index (χ0n) is 14.7. The molecule has 1 aliphatic heterocycles. The normalized spacial score (nSPS) is 14.4. The van der Waals surface area contributed by atoms with Crippen molar-refractivity contribution in [1.82, 2.24) is 19.5 Å². The summed E-state index contributed by atoms with van der Waals surface area (Å²) in [7, 11) is 0. The van der Waals surface area contributed by atoms with Gasteiger partial charge in [-0.05, 0) is 42.7 Å². The van der Waals surface area contributed by atoms with Crippen molar-refractivity contribution in [1.29, 1.82) is 0 Å². The number of carbonyl (C=O) groups excluding carboxylic acids is 1. The molecule has 0 bridgehead atoms. The predicted molar refractivity (Wildman–Crippen MR) is 110 cm³/mol. The minimum Gasteiger partial charge on any atom is -0.339 e. The van der Waals surface area contributed by atoms with Crippen molar-refractivity contribution in [2.45, 2.75) is 23.8 Å². The van der Waals surface area contributed by atoms with Crippen LogP contribution in [0.2, 0.25) is 0 Å². The maximum absolute atomic E-state index is 12.4. The third kappa shape index (κ3) is 3.11. The van der Waals surface area contributed by atoms with Crippen molar-refractivity contribution in [3.63, 3.8) is 0 Å². The van der Waals surface area contributed by atoms with Gasteiger partial charge in [-0.1, -0.05) is 47.4 Å². The first-order chi connectivity index (χ1) is 13.3. The number of likely N-dealkylation sites (tertiary alicyclic amines) is 1. The van der Waals surface area contributed by atoms with Crippen LogP contribution < -0.4 is 0 Å². The van der Waals surface area contributed by atoms with E-state index in [2.05, 4.69) is 26.7 Å². The van der Waals surface area contributed by atoms with Crippen LogP contribution in [0, 0.1) is 0 Å². The molecule has 0 radical (unpaired) electrons. The van der Waals surface area contributed by atoms with Gasteiger partial charge in [0.15, 0.2) is 5.16 Å². The molecule has 0 N–H and O–H groups in total. The number of fused-ring (bicyclic) bond motifs is 3. The number of para-hydroxylation sites is 1. The Kier molecular flexibility index (Phi) is 4.33. The minimum atomic E-state index is 0.149. The second-order valence-electron chi connectivity index (χ2n) is 6.66. The quantitative estimate of drug-likeness (QED) is 0.479. The first kappa shape index (κ1) is 16.8. The van der Waals surface area contributed by atoms with Gasteiger partial charge in [0.25, 0.3) is 5.91 Å². The van der Waals surface area contributed by atoms with Crippen molar-refractivity contribution < 1.29 is 4.79 Å². The number of hydrogen-bond acceptors (Lipinski definition) is 5. The first-order valence-electron chi connectivity index (χ1n) is 9.03. The van der Waals surface area contributed by atoms with E-state index in [0.29, 0.717) is 0 Å². The third-order valence-electron chi connectivity index (χ3n) is 4.87. The van der Waals surface area contributed by atoms with E-state index < -0.39 is 0 Å². The highest BCUT2D eigenvalue weighted by Gasteiger charge is 2.19. The molecule has 0 unspecified atom stereocenters. The number of amides is 1. The summed E-state index contributed by atoms with van der Waals surface area (Å²) >= 11 is 3.32. The summed E-state index contributed by atoms with van der Waals surface area (Å²) in [5.41, 5.74) is 3.10. The lowest BCUT2D eigenvalue weighted by atomic mass is 10.1. The van der Waals surface area contributed by atoms with Crippen LogP contribution in [0.3, 0.4) is 0 Å². The van der Waals surface area contributed by atoms with Gasteiger partial charge in [-0.25, -0.2) is 0 Å². The molecule has 27 heavy (non-hydrogen) atoms. The molecule has 5 rings (SSSR count). The molecule has 3 heterocycles. The van der Waals surface area contributed by atoms with Crippen molar-refractivity contribution in [3.05, 3.63) is 59.7 Å². The Morgan fingerprint density at radius 1 is 1.04 bits per heavy atom. The van der Waals surface area contributed by atoms with E-state index in [4.69, 9.17) is 0 Å². The number of carbonyl (C=O) groups is 1. The first-order valence-corrected chi connectivity index (χ1v) is 10.8. The van der Waals surface area contributed by atoms with Crippen LogP contribution in [0.4, 0.5) is 0 Å². The number of hydrogen-bond donors (Lipinski definition) is 0. The van der Waals surface area contributed by atoms with Gasteiger partial charge in [0.1, 0.15) is 0 Å². The van der Waals surface area contributed by atoms with E-state index in [1.54, 1.807) is 23.1 Å². The minimum absolute atomic E-state index is 0.149. The summed E-state index contributed by atoms with van der Waals surface area (Å²) in [5.74, 6) is 0.944. The van der Waals surface area contributed by atoms with Crippen molar-refractivity contribution >= 4 is 44.2 Å². The highest BCUT2D eigenvalue weighted by atomic mass is 32.2. The van der Waals surface area contributed by atoms with E-state index in [0.717, 1.165) is 52.9 Å². The summed E-state index contributed by atoms with van der Waals surface area (Å²) in [6, 6.07) is 16.3. The Morgan fingerprint density at radius 2 is 1.81 bits per heavy atom. The maximum atomic E-state index is 12.4. The van der Waals surface area contributed by atoms with Gasteiger partial charge >= 0.3 is 0 Å². The van der Waals surface area contributed by atoms with E-state index >= 15 is 0 Å². The Bertz CT molecular complexity index is 1110. The smallest absolute Gasteiger partial charge is 0.253 e. The highest BCUT2D eigenvalue weighted by Crippen LogP contribution is 2.30. The zero-order chi connectivity index (χ0) is 18.2. The molecular weight excluding hydrogens is 376 g/mol. The fourth-order valence-corrected chi connectivity index (χ4v) is 5.37. The van der Waals surface area contributed by atoms with Crippen LogP contribution in [-0.4, -0.2) is 38.5 Å². The largest absolute Gasteiger partial charge is 0.339 e. The summed E-state index contributed by atoms with van der Waals surface area (Å²) < 4.78 is 3.34. The van der Waals surface area contributed by atoms with Gasteiger partial charge in [-0.2, -0.15) is 0 Å². The van der Waals surface area contributed by atoms with Gasteiger partial charge in [0, 0.05) is 24.4 Å². The lowest BCUT2D eigenvalue weighted by molar-refractivity contribution is 0.0793. The van der Waals surface area contributed by atoms with Crippen LogP contribution in [0.1, 0.15) is 28.8 Å². The monoisotopic (exact) mass is 394 g/mol. The van der Waals surface area contributed by atoms with E-state index in [9.17, 15) is 4.79 Å². The molecule has 5 nitrogen and oxygen atoms in total. The van der Waals surface area contributed by atoms with Crippen molar-refractivity contribution in [3.8, 4) is 0 Å². The molecule has 1 aliphatic rings. The lowest BCUT2D eigenvalue weighted by Crippen LogP contribution is -2.27. The van der Waals surface area contributed by atoms with Crippen LogP contribution in [0.5, 0.6) is 0 Å². The maximum Gasteiger partial charge on any atom is 0.253 e. The Labute approximate surface area is 165 Å². The molecule has 1 saturated heterocycles. The summed E-state index contributed by atoms with van der Waals surface area (Å²) in [4.78, 5) is 15.3. The Morgan fingerprint density at radius 3 is 2.63 bits per heavy atom. The third-order valence-corrected chi connectivity index (χ3v) is 6.89. The van der Waals surface area contributed by atoms with E-state index in [-0.39, 0.29) is 5.91 Å². The zero-order valence-corrected chi connectivity index (χ0v) is 16.3.